The van der Waals surface area contributed by atoms with Crippen LogP contribution < -0.4 is 0 Å². The minimum absolute atomic E-state index is 0.498. The van der Waals surface area contributed by atoms with Gasteiger partial charge in [-0.2, -0.15) is 0 Å². The SMILES string of the molecule is C=C1SC2(CCN(C)CC2)CN1C. The zero-order valence-electron chi connectivity index (χ0n) is 8.55. The van der Waals surface area contributed by atoms with Crippen molar-refractivity contribution in [2.45, 2.75) is 17.6 Å². The van der Waals surface area contributed by atoms with Gasteiger partial charge in [-0.3, -0.25) is 0 Å². The van der Waals surface area contributed by atoms with E-state index in [-0.39, 0.29) is 0 Å². The first-order chi connectivity index (χ1) is 6.11. The Kier molecular flexibility index (Phi) is 2.32. The normalized spacial score (nSPS) is 28.8. The van der Waals surface area contributed by atoms with Gasteiger partial charge in [-0.05, 0) is 33.0 Å². The second kappa shape index (κ2) is 3.21. The molecule has 0 radical (unpaired) electrons. The van der Waals surface area contributed by atoms with Gasteiger partial charge in [-0.25, -0.2) is 0 Å². The molecule has 1 spiro atoms. The van der Waals surface area contributed by atoms with E-state index in [1.807, 2.05) is 11.8 Å². The van der Waals surface area contributed by atoms with Gasteiger partial charge in [0.2, 0.25) is 0 Å². The molecule has 0 amide bonds. The maximum Gasteiger partial charge on any atom is 0.0638 e. The van der Waals surface area contributed by atoms with Crippen LogP contribution >= 0.6 is 11.8 Å². The molecular weight excluding hydrogens is 180 g/mol. The Bertz CT molecular complexity index is 219. The number of hydrogen-bond acceptors (Lipinski definition) is 3. The predicted octanol–water partition coefficient (Wildman–Crippen LogP) is 1.60. The van der Waals surface area contributed by atoms with Crippen molar-refractivity contribution in [2.75, 3.05) is 33.7 Å². The summed E-state index contributed by atoms with van der Waals surface area (Å²) in [6, 6.07) is 0. The summed E-state index contributed by atoms with van der Waals surface area (Å²) < 4.78 is 0.498. The summed E-state index contributed by atoms with van der Waals surface area (Å²) in [6.45, 7) is 7.77. The number of hydrogen-bond donors (Lipinski definition) is 0. The van der Waals surface area contributed by atoms with E-state index < -0.39 is 0 Å². The highest BCUT2D eigenvalue weighted by Gasteiger charge is 2.41. The molecule has 2 aliphatic rings. The van der Waals surface area contributed by atoms with Crippen molar-refractivity contribution in [3.05, 3.63) is 11.6 Å². The number of thioether (sulfide) groups is 1. The van der Waals surface area contributed by atoms with Gasteiger partial charge in [0.1, 0.15) is 0 Å². The van der Waals surface area contributed by atoms with Crippen LogP contribution in [-0.2, 0) is 0 Å². The van der Waals surface area contributed by atoms with Crippen molar-refractivity contribution in [1.82, 2.24) is 9.80 Å². The summed E-state index contributed by atoms with van der Waals surface area (Å²) in [5, 5.41) is 1.25. The van der Waals surface area contributed by atoms with Crippen molar-refractivity contribution in [1.29, 1.82) is 0 Å². The Morgan fingerprint density at radius 3 is 2.38 bits per heavy atom. The van der Waals surface area contributed by atoms with Crippen molar-refractivity contribution < 1.29 is 0 Å². The topological polar surface area (TPSA) is 6.48 Å². The quantitative estimate of drug-likeness (QED) is 0.584. The second-order valence-electron chi connectivity index (χ2n) is 4.34. The summed E-state index contributed by atoms with van der Waals surface area (Å²) in [5.74, 6) is 0. The van der Waals surface area contributed by atoms with Crippen molar-refractivity contribution in [3.8, 4) is 0 Å². The molecule has 3 heteroatoms. The van der Waals surface area contributed by atoms with E-state index >= 15 is 0 Å². The molecule has 2 fully saturated rings. The minimum atomic E-state index is 0.498. The van der Waals surface area contributed by atoms with Gasteiger partial charge < -0.3 is 9.80 Å². The Hall–Kier alpha value is -0.150. The number of nitrogens with zero attached hydrogens (tertiary/aromatic N) is 2. The molecule has 0 atom stereocenters. The van der Waals surface area contributed by atoms with Gasteiger partial charge in [-0.15, -0.1) is 11.8 Å². The summed E-state index contributed by atoms with van der Waals surface area (Å²) >= 11 is 2.00. The Balaban J connectivity index is 2.03. The molecule has 2 heterocycles. The lowest BCUT2D eigenvalue weighted by atomic mass is 9.96. The summed E-state index contributed by atoms with van der Waals surface area (Å²) in [7, 11) is 4.37. The molecule has 0 aromatic rings. The second-order valence-corrected chi connectivity index (χ2v) is 5.88. The third kappa shape index (κ3) is 1.72. The van der Waals surface area contributed by atoms with Crippen LogP contribution in [0.2, 0.25) is 0 Å². The van der Waals surface area contributed by atoms with E-state index in [0.29, 0.717) is 4.75 Å². The average Bonchev–Trinajstić information content (AvgIpc) is 2.36. The van der Waals surface area contributed by atoms with Crippen LogP contribution in [0.15, 0.2) is 11.6 Å². The van der Waals surface area contributed by atoms with E-state index in [4.69, 9.17) is 0 Å². The summed E-state index contributed by atoms with van der Waals surface area (Å²) in [4.78, 5) is 4.73. The molecule has 2 saturated heterocycles. The first kappa shape index (κ1) is 9.41. The van der Waals surface area contributed by atoms with Gasteiger partial charge in [0.15, 0.2) is 0 Å². The van der Waals surface area contributed by atoms with Crippen molar-refractivity contribution >= 4 is 11.8 Å². The molecule has 2 nitrogen and oxygen atoms in total. The van der Waals surface area contributed by atoms with Crippen LogP contribution in [0.5, 0.6) is 0 Å². The van der Waals surface area contributed by atoms with Gasteiger partial charge in [0.05, 0.1) is 5.03 Å². The van der Waals surface area contributed by atoms with Crippen molar-refractivity contribution in [2.24, 2.45) is 0 Å². The van der Waals surface area contributed by atoms with E-state index in [0.717, 1.165) is 0 Å². The van der Waals surface area contributed by atoms with Crippen LogP contribution in [0.1, 0.15) is 12.8 Å². The van der Waals surface area contributed by atoms with Crippen LogP contribution in [0.4, 0.5) is 0 Å². The number of piperidine rings is 1. The largest absolute Gasteiger partial charge is 0.368 e. The highest BCUT2D eigenvalue weighted by molar-refractivity contribution is 8.04. The summed E-state index contributed by atoms with van der Waals surface area (Å²) in [5.41, 5.74) is 0. The zero-order valence-corrected chi connectivity index (χ0v) is 9.36. The lowest BCUT2D eigenvalue weighted by Crippen LogP contribution is -2.42. The molecule has 74 valence electrons. The first-order valence-corrected chi connectivity index (χ1v) is 5.71. The molecule has 2 aliphatic heterocycles. The molecule has 0 unspecified atom stereocenters. The van der Waals surface area contributed by atoms with E-state index in [9.17, 15) is 0 Å². The van der Waals surface area contributed by atoms with Gasteiger partial charge in [0.25, 0.3) is 0 Å². The minimum Gasteiger partial charge on any atom is -0.368 e. The summed E-state index contributed by atoms with van der Waals surface area (Å²) in [6.07, 6.45) is 2.63. The van der Waals surface area contributed by atoms with E-state index in [2.05, 4.69) is 30.5 Å². The van der Waals surface area contributed by atoms with Crippen molar-refractivity contribution in [3.63, 3.8) is 0 Å². The monoisotopic (exact) mass is 198 g/mol. The highest BCUT2D eigenvalue weighted by atomic mass is 32.2. The fraction of sp³-hybridized carbons (Fsp3) is 0.800. The number of rotatable bonds is 0. The fourth-order valence-corrected chi connectivity index (χ4v) is 3.53. The molecule has 13 heavy (non-hydrogen) atoms. The Labute approximate surface area is 85.0 Å². The maximum absolute atomic E-state index is 4.08. The average molecular weight is 198 g/mol. The Morgan fingerprint density at radius 1 is 1.31 bits per heavy atom. The third-order valence-electron chi connectivity index (χ3n) is 3.18. The third-order valence-corrected chi connectivity index (χ3v) is 4.70. The van der Waals surface area contributed by atoms with E-state index in [1.165, 1.54) is 37.5 Å². The standard InChI is InChI=1S/C10H18N2S/c1-9-12(3)8-10(13-9)4-6-11(2)7-5-10/h1,4-8H2,2-3H3. The molecule has 0 N–H and O–H groups in total. The van der Waals surface area contributed by atoms with E-state index in [1.54, 1.807) is 0 Å². The zero-order chi connectivity index (χ0) is 9.47. The van der Waals surface area contributed by atoms with Gasteiger partial charge >= 0.3 is 0 Å². The maximum atomic E-state index is 4.08. The van der Waals surface area contributed by atoms with Crippen LogP contribution in [-0.4, -0.2) is 48.3 Å². The van der Waals surface area contributed by atoms with Gasteiger partial charge in [0, 0.05) is 18.3 Å². The molecule has 0 aliphatic carbocycles. The fourth-order valence-electron chi connectivity index (χ4n) is 2.17. The highest BCUT2D eigenvalue weighted by Crippen LogP contribution is 2.46. The van der Waals surface area contributed by atoms with Crippen LogP contribution in [0.3, 0.4) is 0 Å². The smallest absolute Gasteiger partial charge is 0.0638 e. The van der Waals surface area contributed by atoms with Gasteiger partial charge in [-0.1, -0.05) is 6.58 Å². The van der Waals surface area contributed by atoms with Crippen LogP contribution in [0.25, 0.3) is 0 Å². The molecule has 2 rings (SSSR count). The molecule has 0 aromatic heterocycles. The molecule has 0 saturated carbocycles. The first-order valence-electron chi connectivity index (χ1n) is 4.89. The lowest BCUT2D eigenvalue weighted by Gasteiger charge is -2.36. The predicted molar refractivity (Wildman–Crippen MR) is 58.8 cm³/mol. The Morgan fingerprint density at radius 2 is 1.92 bits per heavy atom. The van der Waals surface area contributed by atoms with Crippen LogP contribution in [0, 0.1) is 0 Å². The molecule has 0 aromatic carbocycles. The molecular formula is C10H18N2S. The molecule has 0 bridgehead atoms. The lowest BCUT2D eigenvalue weighted by molar-refractivity contribution is 0.224. The number of likely N-dealkylation sites (tertiary alicyclic amines) is 1.